The summed E-state index contributed by atoms with van der Waals surface area (Å²) in [7, 11) is 0. The normalized spacial score (nSPS) is 12.9. The maximum Gasteiger partial charge on any atom is 0.135 e. The third-order valence-electron chi connectivity index (χ3n) is 2.30. The maximum absolute atomic E-state index is 11.4. The van der Waals surface area contributed by atoms with E-state index in [1.165, 1.54) is 12.8 Å². The second kappa shape index (κ2) is 7.33. The Bertz CT molecular complexity index is 118. The molecule has 0 aliphatic carbocycles. The van der Waals surface area contributed by atoms with Gasteiger partial charge in [0.1, 0.15) is 5.78 Å². The Morgan fingerprint density at radius 1 is 1.17 bits per heavy atom. The van der Waals surface area contributed by atoms with Crippen LogP contribution >= 0.6 is 0 Å². The Morgan fingerprint density at radius 2 is 1.83 bits per heavy atom. The van der Waals surface area contributed by atoms with E-state index in [2.05, 4.69) is 20.8 Å². The zero-order valence-corrected chi connectivity index (χ0v) is 8.73. The molecule has 72 valence electrons. The van der Waals surface area contributed by atoms with E-state index in [1.54, 1.807) is 0 Å². The van der Waals surface area contributed by atoms with Crippen LogP contribution in [0.2, 0.25) is 0 Å². The number of ketones is 1. The number of unbranched alkanes of at least 4 members (excludes halogenated alkanes) is 2. The van der Waals surface area contributed by atoms with E-state index < -0.39 is 0 Å². The number of carbonyl (C=O) groups excluding carboxylic acids is 1. The Hall–Kier alpha value is -0.330. The summed E-state index contributed by atoms with van der Waals surface area (Å²) < 4.78 is 0. The Kier molecular flexibility index (Phi) is 7.12. The van der Waals surface area contributed by atoms with Gasteiger partial charge in [-0.25, -0.2) is 0 Å². The minimum Gasteiger partial charge on any atom is -0.299 e. The van der Waals surface area contributed by atoms with E-state index in [0.717, 1.165) is 25.7 Å². The van der Waals surface area contributed by atoms with Crippen molar-refractivity contribution in [1.29, 1.82) is 0 Å². The smallest absolute Gasteiger partial charge is 0.135 e. The van der Waals surface area contributed by atoms with Crippen molar-refractivity contribution in [3.63, 3.8) is 0 Å². The minimum atomic E-state index is 0.298. The zero-order chi connectivity index (χ0) is 9.40. The van der Waals surface area contributed by atoms with Gasteiger partial charge in [-0.15, -0.1) is 0 Å². The lowest BCUT2D eigenvalue weighted by molar-refractivity contribution is -0.122. The van der Waals surface area contributed by atoms with E-state index in [-0.39, 0.29) is 0 Å². The molecule has 0 rings (SSSR count). The molecule has 1 atom stereocenters. The van der Waals surface area contributed by atoms with Crippen LogP contribution in [0, 0.1) is 5.92 Å². The molecule has 12 heavy (non-hydrogen) atoms. The predicted molar refractivity (Wildman–Crippen MR) is 53.2 cm³/mol. The van der Waals surface area contributed by atoms with Crippen molar-refractivity contribution in [2.24, 2.45) is 5.92 Å². The van der Waals surface area contributed by atoms with Crippen LogP contribution in [0.4, 0.5) is 0 Å². The van der Waals surface area contributed by atoms with Crippen LogP contribution in [0.15, 0.2) is 0 Å². The Balaban J connectivity index is 3.43. The molecule has 0 aliphatic rings. The lowest BCUT2D eigenvalue weighted by Gasteiger charge is -2.07. The zero-order valence-electron chi connectivity index (χ0n) is 8.73. The molecule has 0 N–H and O–H groups in total. The predicted octanol–water partition coefficient (Wildman–Crippen LogP) is 3.57. The van der Waals surface area contributed by atoms with E-state index in [1.807, 2.05) is 0 Å². The summed E-state index contributed by atoms with van der Waals surface area (Å²) in [5.74, 6) is 0.761. The van der Waals surface area contributed by atoms with E-state index >= 15 is 0 Å². The fraction of sp³-hybridized carbons (Fsp3) is 0.909. The summed E-state index contributed by atoms with van der Waals surface area (Å²) in [5, 5.41) is 0. The first kappa shape index (κ1) is 11.7. The van der Waals surface area contributed by atoms with Crippen molar-refractivity contribution in [3.8, 4) is 0 Å². The van der Waals surface area contributed by atoms with Crippen LogP contribution in [0.3, 0.4) is 0 Å². The highest BCUT2D eigenvalue weighted by molar-refractivity contribution is 5.80. The van der Waals surface area contributed by atoms with Crippen molar-refractivity contribution >= 4 is 5.78 Å². The SMILES string of the molecule is CCCCCC(=O)C(C)CCC. The first-order valence-electron chi connectivity index (χ1n) is 5.25. The molecular formula is C11H22O. The molecule has 0 spiro atoms. The molecule has 0 amide bonds. The molecule has 1 nitrogen and oxygen atoms in total. The van der Waals surface area contributed by atoms with Gasteiger partial charge in [0, 0.05) is 12.3 Å². The average Bonchev–Trinajstić information content (AvgIpc) is 2.05. The van der Waals surface area contributed by atoms with Crippen LogP contribution in [0.5, 0.6) is 0 Å². The van der Waals surface area contributed by atoms with Gasteiger partial charge in [-0.2, -0.15) is 0 Å². The number of hydrogen-bond acceptors (Lipinski definition) is 1. The van der Waals surface area contributed by atoms with E-state index in [9.17, 15) is 4.79 Å². The number of rotatable bonds is 7. The van der Waals surface area contributed by atoms with Crippen LogP contribution in [-0.4, -0.2) is 5.78 Å². The molecule has 0 aromatic heterocycles. The maximum atomic E-state index is 11.4. The highest BCUT2D eigenvalue weighted by Gasteiger charge is 2.10. The van der Waals surface area contributed by atoms with Gasteiger partial charge in [-0.3, -0.25) is 4.79 Å². The van der Waals surface area contributed by atoms with Crippen LogP contribution < -0.4 is 0 Å². The van der Waals surface area contributed by atoms with Gasteiger partial charge in [-0.1, -0.05) is 40.0 Å². The summed E-state index contributed by atoms with van der Waals surface area (Å²) in [6.45, 7) is 6.35. The van der Waals surface area contributed by atoms with Gasteiger partial charge in [0.05, 0.1) is 0 Å². The topological polar surface area (TPSA) is 17.1 Å². The highest BCUT2D eigenvalue weighted by atomic mass is 16.1. The van der Waals surface area contributed by atoms with Crippen molar-refractivity contribution in [3.05, 3.63) is 0 Å². The Morgan fingerprint density at radius 3 is 2.33 bits per heavy atom. The number of Topliss-reactive ketones (excluding diaryl/α,β-unsaturated/α-hetero) is 1. The molecule has 0 aromatic rings. The van der Waals surface area contributed by atoms with Crippen LogP contribution in [0.25, 0.3) is 0 Å². The molecule has 0 radical (unpaired) electrons. The summed E-state index contributed by atoms with van der Waals surface area (Å²) in [6, 6.07) is 0. The molecule has 1 unspecified atom stereocenters. The fourth-order valence-corrected chi connectivity index (χ4v) is 1.39. The first-order chi connectivity index (χ1) is 5.72. The van der Waals surface area contributed by atoms with E-state index in [0.29, 0.717) is 11.7 Å². The van der Waals surface area contributed by atoms with Gasteiger partial charge in [0.15, 0.2) is 0 Å². The summed E-state index contributed by atoms with van der Waals surface area (Å²) in [6.07, 6.45) is 6.48. The summed E-state index contributed by atoms with van der Waals surface area (Å²) in [4.78, 5) is 11.4. The second-order valence-corrected chi connectivity index (χ2v) is 3.61. The second-order valence-electron chi connectivity index (χ2n) is 3.61. The van der Waals surface area contributed by atoms with Gasteiger partial charge in [-0.05, 0) is 12.8 Å². The molecule has 0 heterocycles. The van der Waals surface area contributed by atoms with Crippen molar-refractivity contribution in [1.82, 2.24) is 0 Å². The number of hydrogen-bond donors (Lipinski definition) is 0. The standard InChI is InChI=1S/C11H22O/c1-4-6-7-9-11(12)10(3)8-5-2/h10H,4-9H2,1-3H3. The fourth-order valence-electron chi connectivity index (χ4n) is 1.39. The van der Waals surface area contributed by atoms with Gasteiger partial charge < -0.3 is 0 Å². The van der Waals surface area contributed by atoms with Gasteiger partial charge in [0.25, 0.3) is 0 Å². The molecular weight excluding hydrogens is 148 g/mol. The molecule has 0 saturated heterocycles. The number of carbonyl (C=O) groups is 1. The molecule has 0 bridgehead atoms. The van der Waals surface area contributed by atoms with E-state index in [4.69, 9.17) is 0 Å². The third kappa shape index (κ3) is 5.34. The van der Waals surface area contributed by atoms with Crippen LogP contribution in [0.1, 0.15) is 59.3 Å². The summed E-state index contributed by atoms with van der Waals surface area (Å²) in [5.41, 5.74) is 0. The van der Waals surface area contributed by atoms with Crippen molar-refractivity contribution in [2.75, 3.05) is 0 Å². The Labute approximate surface area is 76.6 Å². The molecule has 0 saturated carbocycles. The average molecular weight is 170 g/mol. The third-order valence-corrected chi connectivity index (χ3v) is 2.30. The monoisotopic (exact) mass is 170 g/mol. The lowest BCUT2D eigenvalue weighted by atomic mass is 9.97. The van der Waals surface area contributed by atoms with Crippen molar-refractivity contribution < 1.29 is 4.79 Å². The molecule has 0 aromatic carbocycles. The largest absolute Gasteiger partial charge is 0.299 e. The van der Waals surface area contributed by atoms with Gasteiger partial charge >= 0.3 is 0 Å². The molecule has 1 heteroatoms. The van der Waals surface area contributed by atoms with Crippen LogP contribution in [-0.2, 0) is 4.79 Å². The lowest BCUT2D eigenvalue weighted by Crippen LogP contribution is -2.09. The molecule has 0 fully saturated rings. The first-order valence-corrected chi connectivity index (χ1v) is 5.25. The quantitative estimate of drug-likeness (QED) is 0.534. The van der Waals surface area contributed by atoms with Crippen molar-refractivity contribution in [2.45, 2.75) is 59.3 Å². The molecule has 0 aliphatic heterocycles. The van der Waals surface area contributed by atoms with Gasteiger partial charge in [0.2, 0.25) is 0 Å². The summed E-state index contributed by atoms with van der Waals surface area (Å²) >= 11 is 0. The minimum absolute atomic E-state index is 0.298. The highest BCUT2D eigenvalue weighted by Crippen LogP contribution is 2.11.